The van der Waals surface area contributed by atoms with Crippen LogP contribution in [0.5, 0.6) is 0 Å². The minimum atomic E-state index is 1.18. The average molecular weight is 252 g/mol. The summed E-state index contributed by atoms with van der Waals surface area (Å²) in [6, 6.07) is 13.3. The average Bonchev–Trinajstić information content (AvgIpc) is 2.39. The molecule has 0 unspecified atom stereocenters. The van der Waals surface area contributed by atoms with Gasteiger partial charge in [0, 0.05) is 0 Å². The van der Waals surface area contributed by atoms with Crippen molar-refractivity contribution in [2.45, 2.75) is 47.0 Å². The third-order valence-corrected chi connectivity index (χ3v) is 4.33. The third-order valence-electron chi connectivity index (χ3n) is 4.33. The molecule has 0 bridgehead atoms. The van der Waals surface area contributed by atoms with E-state index in [-0.39, 0.29) is 0 Å². The van der Waals surface area contributed by atoms with Gasteiger partial charge in [0.25, 0.3) is 0 Å². The highest BCUT2D eigenvalue weighted by molar-refractivity contribution is 5.35. The number of hydrogen-bond acceptors (Lipinski definition) is 0. The van der Waals surface area contributed by atoms with Gasteiger partial charge in [-0.15, -0.1) is 0 Å². The lowest BCUT2D eigenvalue weighted by Gasteiger charge is -2.10. The summed E-state index contributed by atoms with van der Waals surface area (Å²) in [6.07, 6.45) is 3.59. The number of rotatable bonds is 4. The highest BCUT2D eigenvalue weighted by Crippen LogP contribution is 2.18. The highest BCUT2D eigenvalue weighted by atomic mass is 14.1. The first kappa shape index (κ1) is 13.9. The zero-order valence-electron chi connectivity index (χ0n) is 12.6. The first-order valence-corrected chi connectivity index (χ1v) is 7.20. The lowest BCUT2D eigenvalue weighted by molar-refractivity contribution is 0.809. The van der Waals surface area contributed by atoms with Crippen LogP contribution in [0.4, 0.5) is 0 Å². The molecule has 0 nitrogen and oxygen atoms in total. The zero-order valence-corrected chi connectivity index (χ0v) is 12.6. The Morgan fingerprint density at radius 3 is 1.47 bits per heavy atom. The predicted molar refractivity (Wildman–Crippen MR) is 83.9 cm³/mol. The topological polar surface area (TPSA) is 0 Å². The Bertz CT molecular complexity index is 513. The van der Waals surface area contributed by atoms with Crippen molar-refractivity contribution < 1.29 is 0 Å². The molecule has 0 atom stereocenters. The Kier molecular flexibility index (Phi) is 4.42. The molecule has 0 saturated carbocycles. The first-order valence-electron chi connectivity index (χ1n) is 7.20. The Balaban J connectivity index is 2.00. The standard InChI is InChI=1S/C19H24/c1-14-8-5-10-18(16(14)3)12-7-13-19-11-6-9-15(2)17(19)4/h5-6,8-11H,7,12-13H2,1-4H3. The molecule has 0 heterocycles. The summed E-state index contributed by atoms with van der Waals surface area (Å²) in [5, 5.41) is 0. The predicted octanol–water partition coefficient (Wildman–Crippen LogP) is 5.10. The molecule has 2 rings (SSSR count). The molecule has 0 spiro atoms. The van der Waals surface area contributed by atoms with E-state index in [1.54, 1.807) is 0 Å². The van der Waals surface area contributed by atoms with E-state index >= 15 is 0 Å². The van der Waals surface area contributed by atoms with Crippen LogP contribution in [0.1, 0.15) is 39.8 Å². The van der Waals surface area contributed by atoms with Crippen LogP contribution in [-0.2, 0) is 12.8 Å². The molecular formula is C19H24. The van der Waals surface area contributed by atoms with Crippen molar-refractivity contribution in [3.8, 4) is 0 Å². The largest absolute Gasteiger partial charge is 0.0617 e. The van der Waals surface area contributed by atoms with Crippen molar-refractivity contribution in [3.05, 3.63) is 69.8 Å². The Labute approximate surface area is 117 Å². The monoisotopic (exact) mass is 252 g/mol. The lowest BCUT2D eigenvalue weighted by atomic mass is 9.95. The van der Waals surface area contributed by atoms with Gasteiger partial charge in [0.2, 0.25) is 0 Å². The van der Waals surface area contributed by atoms with E-state index in [9.17, 15) is 0 Å². The number of aryl methyl sites for hydroxylation is 4. The van der Waals surface area contributed by atoms with Gasteiger partial charge >= 0.3 is 0 Å². The van der Waals surface area contributed by atoms with Crippen molar-refractivity contribution in [2.75, 3.05) is 0 Å². The molecule has 0 aromatic heterocycles. The van der Waals surface area contributed by atoms with Gasteiger partial charge in [0.15, 0.2) is 0 Å². The molecule has 2 aromatic carbocycles. The molecular weight excluding hydrogens is 228 g/mol. The molecule has 0 heteroatoms. The molecule has 0 aliphatic carbocycles. The minimum Gasteiger partial charge on any atom is -0.0617 e. The highest BCUT2D eigenvalue weighted by Gasteiger charge is 2.03. The number of hydrogen-bond donors (Lipinski definition) is 0. The fourth-order valence-corrected chi connectivity index (χ4v) is 2.63. The summed E-state index contributed by atoms with van der Waals surface area (Å²) in [5.74, 6) is 0. The van der Waals surface area contributed by atoms with Gasteiger partial charge in [-0.2, -0.15) is 0 Å². The summed E-state index contributed by atoms with van der Waals surface area (Å²) in [5.41, 5.74) is 8.75. The van der Waals surface area contributed by atoms with Crippen LogP contribution >= 0.6 is 0 Å². The molecule has 0 aliphatic rings. The van der Waals surface area contributed by atoms with Crippen molar-refractivity contribution in [3.63, 3.8) is 0 Å². The summed E-state index contributed by atoms with van der Waals surface area (Å²) >= 11 is 0. The van der Waals surface area contributed by atoms with Crippen LogP contribution in [0.3, 0.4) is 0 Å². The van der Waals surface area contributed by atoms with Crippen LogP contribution in [0.25, 0.3) is 0 Å². The molecule has 19 heavy (non-hydrogen) atoms. The van der Waals surface area contributed by atoms with Crippen LogP contribution in [0.15, 0.2) is 36.4 Å². The summed E-state index contributed by atoms with van der Waals surface area (Å²) in [6.45, 7) is 8.87. The third kappa shape index (κ3) is 3.26. The summed E-state index contributed by atoms with van der Waals surface area (Å²) in [4.78, 5) is 0. The Morgan fingerprint density at radius 1 is 0.632 bits per heavy atom. The van der Waals surface area contributed by atoms with Crippen LogP contribution < -0.4 is 0 Å². The maximum atomic E-state index is 2.27. The fourth-order valence-electron chi connectivity index (χ4n) is 2.63. The Morgan fingerprint density at radius 2 is 1.05 bits per heavy atom. The minimum absolute atomic E-state index is 1.18. The maximum absolute atomic E-state index is 2.27. The fraction of sp³-hybridized carbons (Fsp3) is 0.368. The lowest BCUT2D eigenvalue weighted by Crippen LogP contribution is -1.97. The van der Waals surface area contributed by atoms with E-state index in [0.29, 0.717) is 0 Å². The molecule has 0 saturated heterocycles. The molecule has 0 aliphatic heterocycles. The molecule has 100 valence electrons. The van der Waals surface area contributed by atoms with E-state index in [0.717, 1.165) is 0 Å². The van der Waals surface area contributed by atoms with Gasteiger partial charge in [-0.05, 0) is 80.3 Å². The molecule has 0 amide bonds. The first-order chi connectivity index (χ1) is 9.09. The molecule has 0 N–H and O–H groups in total. The molecule has 2 aromatic rings. The van der Waals surface area contributed by atoms with Crippen molar-refractivity contribution >= 4 is 0 Å². The van der Waals surface area contributed by atoms with E-state index < -0.39 is 0 Å². The normalized spacial score (nSPS) is 10.7. The second-order valence-corrected chi connectivity index (χ2v) is 5.57. The van der Waals surface area contributed by atoms with E-state index in [1.807, 2.05) is 0 Å². The van der Waals surface area contributed by atoms with Crippen molar-refractivity contribution in [1.82, 2.24) is 0 Å². The van der Waals surface area contributed by atoms with E-state index in [1.165, 1.54) is 52.6 Å². The SMILES string of the molecule is Cc1cccc(CCCc2cccc(C)c2C)c1C. The van der Waals surface area contributed by atoms with Gasteiger partial charge in [0.1, 0.15) is 0 Å². The van der Waals surface area contributed by atoms with Crippen molar-refractivity contribution in [2.24, 2.45) is 0 Å². The van der Waals surface area contributed by atoms with Crippen LogP contribution in [0.2, 0.25) is 0 Å². The second-order valence-electron chi connectivity index (χ2n) is 5.57. The number of benzene rings is 2. The second kappa shape index (κ2) is 6.06. The van der Waals surface area contributed by atoms with Crippen LogP contribution in [0, 0.1) is 27.7 Å². The van der Waals surface area contributed by atoms with Gasteiger partial charge in [-0.1, -0.05) is 36.4 Å². The smallest absolute Gasteiger partial charge is 0.0273 e. The Hall–Kier alpha value is -1.56. The maximum Gasteiger partial charge on any atom is -0.0273 e. The van der Waals surface area contributed by atoms with Gasteiger partial charge in [-0.3, -0.25) is 0 Å². The molecule has 0 radical (unpaired) electrons. The molecule has 0 fully saturated rings. The van der Waals surface area contributed by atoms with Gasteiger partial charge < -0.3 is 0 Å². The van der Waals surface area contributed by atoms with Gasteiger partial charge in [-0.25, -0.2) is 0 Å². The quantitative estimate of drug-likeness (QED) is 0.710. The van der Waals surface area contributed by atoms with Gasteiger partial charge in [0.05, 0.1) is 0 Å². The van der Waals surface area contributed by atoms with Crippen molar-refractivity contribution in [1.29, 1.82) is 0 Å². The van der Waals surface area contributed by atoms with E-state index in [2.05, 4.69) is 64.1 Å². The zero-order chi connectivity index (χ0) is 13.8. The summed E-state index contributed by atoms with van der Waals surface area (Å²) in [7, 11) is 0. The van der Waals surface area contributed by atoms with Crippen LogP contribution in [-0.4, -0.2) is 0 Å². The van der Waals surface area contributed by atoms with E-state index in [4.69, 9.17) is 0 Å². The summed E-state index contributed by atoms with van der Waals surface area (Å²) < 4.78 is 0.